The summed E-state index contributed by atoms with van der Waals surface area (Å²) in [6.45, 7) is 3.38. The van der Waals surface area contributed by atoms with Crippen LogP contribution in [-0.4, -0.2) is 65.7 Å². The standard InChI is InChI=1S/C21H25B3F3N5O3/c1-19(2,35)7-6-11-9-32-10-14(12(8-16(32)28-11)17(33)31-21(22,23)24)30-18(34)13-4-3-5-15(29-13)20(25,26)27/h3-5,8-10,35H,6-7,22-24H2,1-2H3,(H,30,34)(H,31,33). The second kappa shape index (κ2) is 9.41. The molecule has 0 aliphatic carbocycles. The lowest BCUT2D eigenvalue weighted by molar-refractivity contribution is -0.141. The van der Waals surface area contributed by atoms with Gasteiger partial charge in [0.1, 0.15) is 40.6 Å². The molecule has 3 N–H and O–H groups in total. The number of carbonyl (C=O) groups excluding carboxylic acids is 2. The van der Waals surface area contributed by atoms with Gasteiger partial charge in [0, 0.05) is 12.4 Å². The molecule has 0 saturated carbocycles. The Hall–Kier alpha value is -3.28. The number of alkyl halides is 3. The zero-order valence-electron chi connectivity index (χ0n) is 20.1. The van der Waals surface area contributed by atoms with Crippen LogP contribution in [0.1, 0.15) is 52.5 Å². The minimum absolute atomic E-state index is 0.0786. The second-order valence-electron chi connectivity index (χ2n) is 9.98. The van der Waals surface area contributed by atoms with Crippen molar-refractivity contribution in [3.63, 3.8) is 0 Å². The summed E-state index contributed by atoms with van der Waals surface area (Å²) in [5.41, 5.74) is -1.26. The molecular weight excluding hydrogens is 460 g/mol. The third-order valence-corrected chi connectivity index (χ3v) is 4.89. The molecule has 0 saturated heterocycles. The molecule has 2 amide bonds. The van der Waals surface area contributed by atoms with Crippen molar-refractivity contribution in [3.05, 3.63) is 59.3 Å². The Morgan fingerprint density at radius 1 is 1.09 bits per heavy atom. The number of aromatic nitrogens is 3. The number of halogens is 3. The maximum Gasteiger partial charge on any atom is 0.433 e. The molecule has 3 heterocycles. The fraction of sp³-hybridized carbons (Fsp3) is 0.333. The summed E-state index contributed by atoms with van der Waals surface area (Å²) in [4.78, 5) is 33.7. The van der Waals surface area contributed by atoms with E-state index in [1.807, 2.05) is 0 Å². The van der Waals surface area contributed by atoms with Gasteiger partial charge in [0.25, 0.3) is 11.8 Å². The van der Waals surface area contributed by atoms with Crippen molar-refractivity contribution < 1.29 is 27.9 Å². The van der Waals surface area contributed by atoms with Gasteiger partial charge in [0.2, 0.25) is 0 Å². The SMILES string of the molecule is BC(B)(B)NC(=O)c1cc2nc(CCC(C)(C)O)cn2cc1NC(=O)c1cccc(C(F)(F)F)n1. The zero-order chi connectivity index (χ0) is 26.2. The first kappa shape index (κ1) is 26.3. The molecule has 14 heteroatoms. The number of amides is 2. The average Bonchev–Trinajstić information content (AvgIpc) is 3.11. The van der Waals surface area contributed by atoms with Crippen molar-refractivity contribution in [2.24, 2.45) is 0 Å². The van der Waals surface area contributed by atoms with Crippen LogP contribution in [0.4, 0.5) is 18.9 Å². The topological polar surface area (TPSA) is 109 Å². The van der Waals surface area contributed by atoms with Gasteiger partial charge in [-0.2, -0.15) is 13.2 Å². The number of carbonyl (C=O) groups is 2. The number of imidazole rings is 1. The number of fused-ring (bicyclic) bond motifs is 1. The number of rotatable bonds is 7. The first-order chi connectivity index (χ1) is 16.0. The molecule has 3 rings (SSSR count). The Bertz CT molecular complexity index is 1270. The van der Waals surface area contributed by atoms with E-state index in [1.165, 1.54) is 12.3 Å². The van der Waals surface area contributed by atoms with Crippen molar-refractivity contribution in [1.82, 2.24) is 19.7 Å². The highest BCUT2D eigenvalue weighted by molar-refractivity contribution is 6.60. The third-order valence-electron chi connectivity index (χ3n) is 4.89. The van der Waals surface area contributed by atoms with E-state index in [4.69, 9.17) is 0 Å². The normalized spacial score (nSPS) is 12.5. The predicted octanol–water partition coefficient (Wildman–Crippen LogP) is -0.0557. The van der Waals surface area contributed by atoms with Crippen molar-refractivity contribution in [1.29, 1.82) is 0 Å². The van der Waals surface area contributed by atoms with Crippen LogP contribution in [-0.2, 0) is 12.6 Å². The maximum atomic E-state index is 13.0. The van der Waals surface area contributed by atoms with Gasteiger partial charge in [-0.25, -0.2) is 9.97 Å². The molecule has 0 aromatic carbocycles. The number of hydrogen-bond acceptors (Lipinski definition) is 5. The summed E-state index contributed by atoms with van der Waals surface area (Å²) >= 11 is 0. The van der Waals surface area contributed by atoms with Crippen LogP contribution in [0.2, 0.25) is 0 Å². The molecule has 8 nitrogen and oxygen atoms in total. The molecule has 3 aromatic heterocycles. The Kier molecular flexibility index (Phi) is 7.08. The fourth-order valence-electron chi connectivity index (χ4n) is 3.24. The molecule has 0 radical (unpaired) electrons. The quantitative estimate of drug-likeness (QED) is 0.407. The smallest absolute Gasteiger partial charge is 0.390 e. The minimum Gasteiger partial charge on any atom is -0.390 e. The van der Waals surface area contributed by atoms with Gasteiger partial charge >= 0.3 is 6.18 Å². The van der Waals surface area contributed by atoms with E-state index in [1.54, 1.807) is 48.0 Å². The summed E-state index contributed by atoms with van der Waals surface area (Å²) in [6.07, 6.45) is -0.601. The van der Waals surface area contributed by atoms with Gasteiger partial charge in [-0.05, 0) is 50.1 Å². The zero-order valence-corrected chi connectivity index (χ0v) is 20.1. The van der Waals surface area contributed by atoms with Gasteiger partial charge in [-0.1, -0.05) is 6.07 Å². The Morgan fingerprint density at radius 3 is 2.37 bits per heavy atom. The highest BCUT2D eigenvalue weighted by atomic mass is 19.4. The lowest BCUT2D eigenvalue weighted by atomic mass is 9.49. The number of nitrogens with zero attached hydrogens (tertiary/aromatic N) is 3. The summed E-state index contributed by atoms with van der Waals surface area (Å²) in [5, 5.41) is 14.7. The van der Waals surface area contributed by atoms with Crippen LogP contribution < -0.4 is 10.6 Å². The minimum atomic E-state index is -4.71. The number of hydrogen-bond donors (Lipinski definition) is 3. The van der Waals surface area contributed by atoms with Crippen LogP contribution >= 0.6 is 0 Å². The van der Waals surface area contributed by atoms with E-state index in [2.05, 4.69) is 20.6 Å². The number of nitrogens with one attached hydrogen (secondary N) is 2. The number of pyridine rings is 2. The highest BCUT2D eigenvalue weighted by Gasteiger charge is 2.33. The summed E-state index contributed by atoms with van der Waals surface area (Å²) in [7, 11) is 5.37. The Balaban J connectivity index is 2.00. The van der Waals surface area contributed by atoms with Crippen molar-refractivity contribution in [2.75, 3.05) is 5.32 Å². The van der Waals surface area contributed by atoms with Crippen LogP contribution in [0, 0.1) is 0 Å². The summed E-state index contributed by atoms with van der Waals surface area (Å²) in [6, 6.07) is 4.51. The van der Waals surface area contributed by atoms with Crippen LogP contribution in [0.15, 0.2) is 36.7 Å². The molecule has 0 atom stereocenters. The van der Waals surface area contributed by atoms with Crippen LogP contribution in [0.5, 0.6) is 0 Å². The van der Waals surface area contributed by atoms with E-state index in [-0.39, 0.29) is 11.3 Å². The van der Waals surface area contributed by atoms with E-state index in [0.717, 1.165) is 18.2 Å². The van der Waals surface area contributed by atoms with Gasteiger partial charge in [0.15, 0.2) is 0 Å². The van der Waals surface area contributed by atoms with Gasteiger partial charge in [-0.15, -0.1) is 0 Å². The summed E-state index contributed by atoms with van der Waals surface area (Å²) < 4.78 is 40.7. The second-order valence-corrected chi connectivity index (χ2v) is 9.98. The number of aliphatic hydroxyl groups is 1. The molecule has 182 valence electrons. The van der Waals surface area contributed by atoms with Crippen LogP contribution in [0.25, 0.3) is 5.65 Å². The van der Waals surface area contributed by atoms with Crippen molar-refractivity contribution >= 4 is 46.7 Å². The van der Waals surface area contributed by atoms with Gasteiger partial charge in [-0.3, -0.25) is 9.59 Å². The van der Waals surface area contributed by atoms with Crippen molar-refractivity contribution in [3.8, 4) is 0 Å². The van der Waals surface area contributed by atoms with E-state index in [0.29, 0.717) is 24.2 Å². The predicted molar refractivity (Wildman–Crippen MR) is 133 cm³/mol. The summed E-state index contributed by atoms with van der Waals surface area (Å²) in [5.74, 6) is -1.39. The molecule has 0 bridgehead atoms. The Labute approximate surface area is 202 Å². The third kappa shape index (κ3) is 7.11. The molecule has 0 aliphatic heterocycles. The van der Waals surface area contributed by atoms with Gasteiger partial charge in [0.05, 0.1) is 22.5 Å². The molecule has 3 aromatic rings. The monoisotopic (exact) mass is 485 g/mol. The van der Waals surface area contributed by atoms with E-state index in [9.17, 15) is 27.9 Å². The average molecular weight is 485 g/mol. The molecule has 0 fully saturated rings. The first-order valence-electron chi connectivity index (χ1n) is 10.9. The Morgan fingerprint density at radius 2 is 1.77 bits per heavy atom. The number of aryl methyl sites for hydroxylation is 1. The lowest BCUT2D eigenvalue weighted by Gasteiger charge is -2.22. The number of anilines is 1. The fourth-order valence-corrected chi connectivity index (χ4v) is 3.24. The molecular formula is C21H25B3F3N5O3. The van der Waals surface area contributed by atoms with Crippen molar-refractivity contribution in [2.45, 2.75) is 43.7 Å². The van der Waals surface area contributed by atoms with E-state index >= 15 is 0 Å². The largest absolute Gasteiger partial charge is 0.433 e. The highest BCUT2D eigenvalue weighted by Crippen LogP contribution is 2.28. The maximum absolute atomic E-state index is 13.0. The van der Waals surface area contributed by atoms with Gasteiger partial charge < -0.3 is 20.1 Å². The van der Waals surface area contributed by atoms with E-state index < -0.39 is 40.2 Å². The molecule has 0 unspecified atom stereocenters. The molecule has 35 heavy (non-hydrogen) atoms. The first-order valence-corrected chi connectivity index (χ1v) is 10.9. The molecule has 0 spiro atoms. The van der Waals surface area contributed by atoms with Crippen LogP contribution in [0.3, 0.4) is 0 Å². The molecule has 0 aliphatic rings. The lowest BCUT2D eigenvalue weighted by Crippen LogP contribution is -2.50.